The van der Waals surface area contributed by atoms with Crippen molar-refractivity contribution in [2.24, 2.45) is 5.92 Å². The molecule has 4 heterocycles. The van der Waals surface area contributed by atoms with Crippen LogP contribution in [0.3, 0.4) is 0 Å². The van der Waals surface area contributed by atoms with Gasteiger partial charge in [-0.05, 0) is 45.4 Å². The molecule has 29 heavy (non-hydrogen) atoms. The first kappa shape index (κ1) is 19.9. The highest BCUT2D eigenvalue weighted by molar-refractivity contribution is 9.10. The monoisotopic (exact) mass is 477 g/mol. The first-order chi connectivity index (χ1) is 13.9. The molecule has 8 nitrogen and oxygen atoms in total. The molecule has 4 rings (SSSR count). The maximum absolute atomic E-state index is 12.6. The molecule has 1 aliphatic heterocycles. The van der Waals surface area contributed by atoms with Crippen LogP contribution in [0, 0.1) is 5.92 Å². The van der Waals surface area contributed by atoms with Gasteiger partial charge in [-0.25, -0.2) is 4.68 Å². The predicted octanol–water partition coefficient (Wildman–Crippen LogP) is 3.81. The summed E-state index contributed by atoms with van der Waals surface area (Å²) in [6, 6.07) is 8.92. The lowest BCUT2D eigenvalue weighted by molar-refractivity contribution is -0.126. The fourth-order valence-electron chi connectivity index (χ4n) is 3.12. The Kier molecular flexibility index (Phi) is 5.57. The van der Waals surface area contributed by atoms with E-state index < -0.39 is 12.2 Å². The molecular formula is C19H20BrN5O3S. The third-order valence-corrected chi connectivity index (χ3v) is 5.99. The fourth-order valence-corrected chi connectivity index (χ4v) is 4.11. The Balaban J connectivity index is 1.67. The maximum Gasteiger partial charge on any atom is 0.292 e. The van der Waals surface area contributed by atoms with Crippen molar-refractivity contribution in [2.75, 3.05) is 5.32 Å². The van der Waals surface area contributed by atoms with Gasteiger partial charge in [-0.2, -0.15) is 5.10 Å². The first-order valence-electron chi connectivity index (χ1n) is 9.16. The minimum atomic E-state index is -0.573. The van der Waals surface area contributed by atoms with Crippen LogP contribution in [0.4, 0.5) is 5.82 Å². The number of aromatic nitrogens is 2. The van der Waals surface area contributed by atoms with Crippen LogP contribution in [0.25, 0.3) is 10.6 Å². The number of amides is 2. The van der Waals surface area contributed by atoms with Gasteiger partial charge in [0, 0.05) is 18.5 Å². The number of halogens is 1. The number of carbonyl (C=O) groups excluding carboxylic acids is 2. The smallest absolute Gasteiger partial charge is 0.292 e. The van der Waals surface area contributed by atoms with Crippen molar-refractivity contribution in [3.8, 4) is 10.6 Å². The number of carbonyl (C=O) groups is 2. The van der Waals surface area contributed by atoms with E-state index >= 15 is 0 Å². The zero-order valence-corrected chi connectivity index (χ0v) is 18.2. The van der Waals surface area contributed by atoms with E-state index in [-0.39, 0.29) is 23.6 Å². The van der Waals surface area contributed by atoms with Gasteiger partial charge >= 0.3 is 0 Å². The zero-order valence-electron chi connectivity index (χ0n) is 15.8. The van der Waals surface area contributed by atoms with Gasteiger partial charge in [-0.15, -0.1) is 11.3 Å². The van der Waals surface area contributed by atoms with Gasteiger partial charge in [0.05, 0.1) is 4.88 Å². The summed E-state index contributed by atoms with van der Waals surface area (Å²) in [6.07, 6.45) is -0.175. The van der Waals surface area contributed by atoms with Crippen LogP contribution in [0.15, 0.2) is 44.8 Å². The average Bonchev–Trinajstić information content (AvgIpc) is 3.41. The van der Waals surface area contributed by atoms with E-state index in [1.165, 1.54) is 0 Å². The third kappa shape index (κ3) is 4.29. The summed E-state index contributed by atoms with van der Waals surface area (Å²) < 4.78 is 7.40. The van der Waals surface area contributed by atoms with E-state index in [0.717, 1.165) is 4.88 Å². The van der Waals surface area contributed by atoms with E-state index in [9.17, 15) is 9.59 Å². The van der Waals surface area contributed by atoms with Crippen molar-refractivity contribution in [3.05, 3.63) is 46.1 Å². The van der Waals surface area contributed by atoms with Crippen molar-refractivity contribution in [1.82, 2.24) is 20.4 Å². The molecule has 3 N–H and O–H groups in total. The minimum Gasteiger partial charge on any atom is -0.444 e. The van der Waals surface area contributed by atoms with Gasteiger partial charge in [0.2, 0.25) is 5.91 Å². The predicted molar refractivity (Wildman–Crippen MR) is 113 cm³/mol. The van der Waals surface area contributed by atoms with Crippen molar-refractivity contribution >= 4 is 44.9 Å². The summed E-state index contributed by atoms with van der Waals surface area (Å²) in [4.78, 5) is 25.8. The number of furan rings is 1. The van der Waals surface area contributed by atoms with Crippen LogP contribution >= 0.6 is 27.3 Å². The molecule has 2 amide bonds. The fraction of sp³-hybridized carbons (Fsp3) is 0.316. The highest BCUT2D eigenvalue weighted by atomic mass is 79.9. The van der Waals surface area contributed by atoms with Crippen LogP contribution < -0.4 is 16.0 Å². The Bertz CT molecular complexity index is 1030. The van der Waals surface area contributed by atoms with Crippen LogP contribution in [-0.2, 0) is 4.79 Å². The number of thiophene rings is 1. The quantitative estimate of drug-likeness (QED) is 0.518. The lowest BCUT2D eigenvalue weighted by Gasteiger charge is -2.34. The molecule has 2 atom stereocenters. The van der Waals surface area contributed by atoms with Gasteiger partial charge in [0.25, 0.3) is 5.91 Å². The van der Waals surface area contributed by atoms with E-state index in [4.69, 9.17) is 4.42 Å². The molecule has 3 aromatic rings. The summed E-state index contributed by atoms with van der Waals surface area (Å²) in [5.74, 6) is 0.426. The van der Waals surface area contributed by atoms with Crippen molar-refractivity contribution < 1.29 is 14.0 Å². The van der Waals surface area contributed by atoms with Gasteiger partial charge in [-0.1, -0.05) is 19.9 Å². The van der Waals surface area contributed by atoms with E-state index in [1.807, 2.05) is 17.5 Å². The number of nitrogens with zero attached hydrogens (tertiary/aromatic N) is 2. The van der Waals surface area contributed by atoms with Gasteiger partial charge < -0.3 is 15.1 Å². The zero-order chi connectivity index (χ0) is 20.5. The molecule has 0 aliphatic carbocycles. The molecule has 2 unspecified atom stereocenters. The second kappa shape index (κ2) is 8.13. The van der Waals surface area contributed by atoms with Crippen LogP contribution in [-0.4, -0.2) is 27.6 Å². The summed E-state index contributed by atoms with van der Waals surface area (Å²) in [5, 5.41) is 15.8. The highest BCUT2D eigenvalue weighted by Gasteiger charge is 2.31. The van der Waals surface area contributed by atoms with E-state index in [0.29, 0.717) is 22.6 Å². The molecule has 3 aromatic heterocycles. The Morgan fingerprint density at radius 3 is 2.90 bits per heavy atom. The van der Waals surface area contributed by atoms with Gasteiger partial charge in [0.15, 0.2) is 16.7 Å². The van der Waals surface area contributed by atoms with E-state index in [2.05, 4.69) is 50.8 Å². The first-order valence-corrected chi connectivity index (χ1v) is 10.8. The lowest BCUT2D eigenvalue weighted by Crippen LogP contribution is -2.55. The van der Waals surface area contributed by atoms with Crippen LogP contribution in [0.2, 0.25) is 0 Å². The molecule has 0 bridgehead atoms. The number of hydrogen-bond donors (Lipinski definition) is 3. The summed E-state index contributed by atoms with van der Waals surface area (Å²) in [6.45, 7) is 4.12. The minimum absolute atomic E-state index is 0.00715. The number of rotatable bonds is 5. The second-order valence-electron chi connectivity index (χ2n) is 7.09. The molecule has 10 heteroatoms. The second-order valence-corrected chi connectivity index (χ2v) is 8.82. The van der Waals surface area contributed by atoms with Crippen LogP contribution in [0.1, 0.15) is 37.1 Å². The van der Waals surface area contributed by atoms with Crippen molar-refractivity contribution in [2.45, 2.75) is 32.6 Å². The molecule has 0 radical (unpaired) electrons. The topological polar surface area (TPSA) is 101 Å². The number of hydrogen-bond acceptors (Lipinski definition) is 6. The molecule has 1 fully saturated rings. The lowest BCUT2D eigenvalue weighted by atomic mass is 9.99. The Labute approximate surface area is 179 Å². The van der Waals surface area contributed by atoms with E-state index in [1.54, 1.807) is 34.2 Å². The van der Waals surface area contributed by atoms with Gasteiger partial charge in [-0.3, -0.25) is 14.9 Å². The molecule has 1 aliphatic rings. The third-order valence-electron chi connectivity index (χ3n) is 4.67. The molecule has 152 valence electrons. The van der Waals surface area contributed by atoms with Crippen LogP contribution in [0.5, 0.6) is 0 Å². The molecule has 0 saturated carbocycles. The summed E-state index contributed by atoms with van der Waals surface area (Å²) in [5.41, 5.74) is 0.707. The van der Waals surface area contributed by atoms with Crippen molar-refractivity contribution in [3.63, 3.8) is 0 Å². The highest BCUT2D eigenvalue weighted by Crippen LogP contribution is 2.29. The maximum atomic E-state index is 12.6. The number of anilines is 1. The summed E-state index contributed by atoms with van der Waals surface area (Å²) in [7, 11) is 0. The Hall–Kier alpha value is -2.43. The number of nitrogens with one attached hydrogen (secondary N) is 3. The largest absolute Gasteiger partial charge is 0.444 e. The molecule has 1 saturated heterocycles. The summed E-state index contributed by atoms with van der Waals surface area (Å²) >= 11 is 4.75. The Morgan fingerprint density at radius 1 is 1.41 bits per heavy atom. The molecule has 0 spiro atoms. The normalized spacial score (nSPS) is 19.4. The van der Waals surface area contributed by atoms with Gasteiger partial charge in [0.1, 0.15) is 11.5 Å². The average molecular weight is 478 g/mol. The Morgan fingerprint density at radius 2 is 2.24 bits per heavy atom. The standard InChI is InChI=1S/C19H20BrN5O3S/c1-10(2)11-9-17(26)23-19(21-11)25-16(8-12(24-25)14-4-3-7-29-14)22-18(27)13-5-6-15(20)28-13/h3-8,10-11,19,21H,9H2,1-2H3,(H,22,27)(H,23,26). The SMILES string of the molecule is CC(C)C1CC(=O)NC(n2nc(-c3cccs3)cc2NC(=O)c2ccc(Br)o2)N1. The molecule has 0 aromatic carbocycles. The molecular weight excluding hydrogens is 458 g/mol. The van der Waals surface area contributed by atoms with Crippen molar-refractivity contribution in [1.29, 1.82) is 0 Å².